The van der Waals surface area contributed by atoms with Crippen molar-refractivity contribution in [3.63, 3.8) is 0 Å². The number of aromatic hydroxyl groups is 1. The molecule has 1 atom stereocenters. The molecule has 0 aliphatic carbocycles. The van der Waals surface area contributed by atoms with Gasteiger partial charge in [-0.15, -0.1) is 0 Å². The van der Waals surface area contributed by atoms with E-state index < -0.39 is 12.6 Å². The van der Waals surface area contributed by atoms with Gasteiger partial charge in [0.1, 0.15) is 19.0 Å². The summed E-state index contributed by atoms with van der Waals surface area (Å²) in [5, 5.41) is 17.9. The van der Waals surface area contributed by atoms with E-state index in [2.05, 4.69) is 0 Å². The smallest absolute Gasteiger partial charge is 0.329 e. The minimum Gasteiger partial charge on any atom is -0.508 e. The highest BCUT2D eigenvalue weighted by Gasteiger charge is 2.20. The largest absolute Gasteiger partial charge is 0.508 e. The van der Waals surface area contributed by atoms with E-state index in [-0.39, 0.29) is 24.3 Å². The molecule has 1 aromatic rings. The van der Waals surface area contributed by atoms with Crippen molar-refractivity contribution in [1.29, 1.82) is 0 Å². The summed E-state index contributed by atoms with van der Waals surface area (Å²) in [5.74, 6) is -1.26. The summed E-state index contributed by atoms with van der Waals surface area (Å²) in [5.41, 5.74) is 0.804. The molecule has 20 heavy (non-hydrogen) atoms. The van der Waals surface area contributed by atoms with E-state index in [0.29, 0.717) is 6.54 Å². The SMILES string of the molecule is CCN(C(=O)COCC(=O)O)C(C)c1cccc(O)c1. The summed E-state index contributed by atoms with van der Waals surface area (Å²) in [7, 11) is 0. The van der Waals surface area contributed by atoms with Crippen molar-refractivity contribution in [2.75, 3.05) is 19.8 Å². The lowest BCUT2D eigenvalue weighted by atomic mass is 10.1. The number of phenols is 1. The van der Waals surface area contributed by atoms with Crippen molar-refractivity contribution >= 4 is 11.9 Å². The van der Waals surface area contributed by atoms with Gasteiger partial charge in [-0.2, -0.15) is 0 Å². The predicted octanol–water partition coefficient (Wildman–Crippen LogP) is 1.40. The second kappa shape index (κ2) is 7.49. The van der Waals surface area contributed by atoms with Gasteiger partial charge in [-0.1, -0.05) is 12.1 Å². The van der Waals surface area contributed by atoms with Crippen LogP contribution < -0.4 is 0 Å². The third kappa shape index (κ3) is 4.55. The molecule has 0 saturated carbocycles. The van der Waals surface area contributed by atoms with E-state index in [1.54, 1.807) is 23.1 Å². The first-order valence-corrected chi connectivity index (χ1v) is 6.33. The Labute approximate surface area is 117 Å². The second-order valence-electron chi connectivity index (χ2n) is 4.34. The number of carboxylic acid groups (broad SMARTS) is 1. The van der Waals surface area contributed by atoms with Gasteiger partial charge in [0.2, 0.25) is 5.91 Å². The maximum atomic E-state index is 12.0. The van der Waals surface area contributed by atoms with Crippen LogP contribution in [0.2, 0.25) is 0 Å². The first kappa shape index (κ1) is 16.0. The quantitative estimate of drug-likeness (QED) is 0.789. The molecule has 6 nitrogen and oxygen atoms in total. The van der Waals surface area contributed by atoms with Gasteiger partial charge in [0, 0.05) is 6.54 Å². The van der Waals surface area contributed by atoms with Crippen LogP contribution >= 0.6 is 0 Å². The van der Waals surface area contributed by atoms with Gasteiger partial charge in [-0.25, -0.2) is 4.79 Å². The maximum absolute atomic E-state index is 12.0. The van der Waals surface area contributed by atoms with Crippen LogP contribution in [-0.2, 0) is 14.3 Å². The summed E-state index contributed by atoms with van der Waals surface area (Å²) >= 11 is 0. The Morgan fingerprint density at radius 3 is 2.60 bits per heavy atom. The number of carboxylic acids is 1. The molecule has 0 radical (unpaired) electrons. The van der Waals surface area contributed by atoms with E-state index in [1.165, 1.54) is 0 Å². The van der Waals surface area contributed by atoms with Gasteiger partial charge in [-0.3, -0.25) is 4.79 Å². The third-order valence-corrected chi connectivity index (χ3v) is 2.93. The number of carbonyl (C=O) groups is 2. The number of nitrogens with zero attached hydrogens (tertiary/aromatic N) is 1. The van der Waals surface area contributed by atoms with Crippen LogP contribution in [0.1, 0.15) is 25.5 Å². The number of benzene rings is 1. The van der Waals surface area contributed by atoms with Crippen LogP contribution in [-0.4, -0.2) is 46.7 Å². The molecule has 2 N–H and O–H groups in total. The number of phenolic OH excluding ortho intramolecular Hbond substituents is 1. The van der Waals surface area contributed by atoms with Crippen LogP contribution in [0.3, 0.4) is 0 Å². The molecular formula is C14H19NO5. The monoisotopic (exact) mass is 281 g/mol. The number of ether oxygens (including phenoxy) is 1. The standard InChI is InChI=1S/C14H19NO5/c1-3-15(13(17)8-20-9-14(18)19)10(2)11-5-4-6-12(16)7-11/h4-7,10,16H,3,8-9H2,1-2H3,(H,18,19). The van der Waals surface area contributed by atoms with E-state index >= 15 is 0 Å². The van der Waals surface area contributed by atoms with Crippen LogP contribution in [0, 0.1) is 0 Å². The van der Waals surface area contributed by atoms with E-state index in [9.17, 15) is 14.7 Å². The van der Waals surface area contributed by atoms with Gasteiger partial charge in [0.25, 0.3) is 0 Å². The fraction of sp³-hybridized carbons (Fsp3) is 0.429. The Hall–Kier alpha value is -2.08. The van der Waals surface area contributed by atoms with Crippen LogP contribution in [0.15, 0.2) is 24.3 Å². The van der Waals surface area contributed by atoms with Crippen molar-refractivity contribution in [2.24, 2.45) is 0 Å². The summed E-state index contributed by atoms with van der Waals surface area (Å²) in [6.45, 7) is 3.36. The molecule has 1 amide bonds. The molecule has 1 rings (SSSR count). The number of hydrogen-bond donors (Lipinski definition) is 2. The molecule has 1 unspecified atom stereocenters. The molecule has 6 heteroatoms. The molecule has 0 heterocycles. The van der Waals surface area contributed by atoms with Crippen molar-refractivity contribution < 1.29 is 24.5 Å². The Kier molecular flexibility index (Phi) is 5.99. The zero-order chi connectivity index (χ0) is 15.1. The molecule has 1 aromatic carbocycles. The normalized spacial score (nSPS) is 11.9. The number of rotatable bonds is 7. The van der Waals surface area contributed by atoms with Gasteiger partial charge < -0.3 is 19.8 Å². The summed E-state index contributed by atoms with van der Waals surface area (Å²) in [6, 6.07) is 6.45. The second-order valence-corrected chi connectivity index (χ2v) is 4.34. The fourth-order valence-electron chi connectivity index (χ4n) is 1.94. The lowest BCUT2D eigenvalue weighted by molar-refractivity contribution is -0.146. The molecule has 0 aliphatic heterocycles. The topological polar surface area (TPSA) is 87.1 Å². The number of amides is 1. The lowest BCUT2D eigenvalue weighted by Gasteiger charge is -2.28. The van der Waals surface area contributed by atoms with Crippen molar-refractivity contribution in [1.82, 2.24) is 4.90 Å². The molecule has 0 saturated heterocycles. The Morgan fingerprint density at radius 1 is 1.35 bits per heavy atom. The average Bonchev–Trinajstić information content (AvgIpc) is 2.39. The number of likely N-dealkylation sites (N-methyl/N-ethyl adjacent to an activating group) is 1. The van der Waals surface area contributed by atoms with E-state index in [1.807, 2.05) is 19.9 Å². The van der Waals surface area contributed by atoms with Crippen LogP contribution in [0.4, 0.5) is 0 Å². The first-order chi connectivity index (χ1) is 9.45. The van der Waals surface area contributed by atoms with E-state index in [4.69, 9.17) is 9.84 Å². The van der Waals surface area contributed by atoms with Crippen LogP contribution in [0.25, 0.3) is 0 Å². The summed E-state index contributed by atoms with van der Waals surface area (Å²) < 4.78 is 4.81. The third-order valence-electron chi connectivity index (χ3n) is 2.93. The molecule has 110 valence electrons. The minimum atomic E-state index is -1.11. The minimum absolute atomic E-state index is 0.139. The average molecular weight is 281 g/mol. The van der Waals surface area contributed by atoms with Crippen molar-refractivity contribution in [3.05, 3.63) is 29.8 Å². The first-order valence-electron chi connectivity index (χ1n) is 6.33. The molecule has 0 aromatic heterocycles. The van der Waals surface area contributed by atoms with Crippen molar-refractivity contribution in [2.45, 2.75) is 19.9 Å². The zero-order valence-corrected chi connectivity index (χ0v) is 11.6. The fourth-order valence-corrected chi connectivity index (χ4v) is 1.94. The number of carbonyl (C=O) groups excluding carboxylic acids is 1. The Morgan fingerprint density at radius 2 is 2.05 bits per heavy atom. The van der Waals surface area contributed by atoms with Crippen LogP contribution in [0.5, 0.6) is 5.75 Å². The highest BCUT2D eigenvalue weighted by Crippen LogP contribution is 2.23. The Balaban J connectivity index is 2.69. The number of hydrogen-bond acceptors (Lipinski definition) is 4. The zero-order valence-electron chi connectivity index (χ0n) is 11.6. The van der Waals surface area contributed by atoms with Crippen molar-refractivity contribution in [3.8, 4) is 5.75 Å². The maximum Gasteiger partial charge on any atom is 0.329 e. The number of aliphatic carboxylic acids is 1. The molecular weight excluding hydrogens is 262 g/mol. The predicted molar refractivity (Wildman–Crippen MR) is 72.4 cm³/mol. The summed E-state index contributed by atoms with van der Waals surface area (Å²) in [6.07, 6.45) is 0. The molecule has 0 fully saturated rings. The summed E-state index contributed by atoms with van der Waals surface area (Å²) in [4.78, 5) is 23.9. The van der Waals surface area contributed by atoms with Gasteiger partial charge in [0.15, 0.2) is 0 Å². The Bertz CT molecular complexity index is 474. The highest BCUT2D eigenvalue weighted by atomic mass is 16.5. The van der Waals surface area contributed by atoms with Gasteiger partial charge >= 0.3 is 5.97 Å². The highest BCUT2D eigenvalue weighted by molar-refractivity contribution is 5.78. The van der Waals surface area contributed by atoms with Gasteiger partial charge in [-0.05, 0) is 31.5 Å². The molecule has 0 aliphatic rings. The molecule has 0 bridgehead atoms. The lowest BCUT2D eigenvalue weighted by Crippen LogP contribution is -2.36. The van der Waals surface area contributed by atoms with E-state index in [0.717, 1.165) is 5.56 Å². The van der Waals surface area contributed by atoms with Gasteiger partial charge in [0.05, 0.1) is 6.04 Å². The molecule has 0 spiro atoms.